The maximum Gasteiger partial charge on any atom is 0.270 e. The van der Waals surface area contributed by atoms with Gasteiger partial charge in [-0.15, -0.1) is 0 Å². The average Bonchev–Trinajstić information content (AvgIpc) is 2.98. The van der Waals surface area contributed by atoms with E-state index in [9.17, 15) is 4.79 Å². The molecule has 1 amide bonds. The van der Waals surface area contributed by atoms with Crippen molar-refractivity contribution in [3.63, 3.8) is 0 Å². The number of benzene rings is 2. The SMILES string of the molecule is O=C1/C(=C\c2ccc(N3CCOCC3)cc2)SC(=S)N1c1ccc(Br)c(Cl)c1. The van der Waals surface area contributed by atoms with Gasteiger partial charge >= 0.3 is 0 Å². The van der Waals surface area contributed by atoms with Gasteiger partial charge in [-0.3, -0.25) is 9.69 Å². The first-order valence-electron chi connectivity index (χ1n) is 8.69. The Morgan fingerprint density at radius 3 is 2.46 bits per heavy atom. The molecule has 2 heterocycles. The first kappa shape index (κ1) is 19.9. The van der Waals surface area contributed by atoms with E-state index in [-0.39, 0.29) is 5.91 Å². The number of thiocarbonyl (C=S) groups is 1. The van der Waals surface area contributed by atoms with Crippen LogP contribution in [0.2, 0.25) is 5.02 Å². The second kappa shape index (κ2) is 8.55. The lowest BCUT2D eigenvalue weighted by atomic mass is 10.1. The standard InChI is InChI=1S/C20H16BrClN2O2S2/c21-16-6-5-15(12-17(16)22)24-19(25)18(28-20(24)27)11-13-1-3-14(4-2-13)23-7-9-26-10-8-23/h1-6,11-12H,7-10H2/b18-11+. The predicted molar refractivity (Wildman–Crippen MR) is 124 cm³/mol. The monoisotopic (exact) mass is 494 g/mol. The zero-order valence-electron chi connectivity index (χ0n) is 14.7. The van der Waals surface area contributed by atoms with Gasteiger partial charge in [-0.05, 0) is 57.9 Å². The molecule has 2 fully saturated rings. The van der Waals surface area contributed by atoms with Crippen LogP contribution in [0, 0.1) is 0 Å². The summed E-state index contributed by atoms with van der Waals surface area (Å²) in [7, 11) is 0. The Balaban J connectivity index is 1.54. The van der Waals surface area contributed by atoms with Crippen LogP contribution in [0.25, 0.3) is 6.08 Å². The number of halogens is 2. The molecule has 0 unspecified atom stereocenters. The molecule has 2 aliphatic rings. The van der Waals surface area contributed by atoms with Crippen LogP contribution in [0.4, 0.5) is 11.4 Å². The molecule has 8 heteroatoms. The van der Waals surface area contributed by atoms with Crippen LogP contribution in [0.1, 0.15) is 5.56 Å². The molecule has 2 saturated heterocycles. The van der Waals surface area contributed by atoms with E-state index in [1.54, 1.807) is 6.07 Å². The molecule has 4 nitrogen and oxygen atoms in total. The number of hydrogen-bond acceptors (Lipinski definition) is 5. The van der Waals surface area contributed by atoms with Crippen LogP contribution >= 0.6 is 51.5 Å². The van der Waals surface area contributed by atoms with E-state index >= 15 is 0 Å². The number of ether oxygens (including phenoxy) is 1. The fourth-order valence-corrected chi connectivity index (χ4v) is 4.79. The van der Waals surface area contributed by atoms with Crippen molar-refractivity contribution in [3.8, 4) is 0 Å². The minimum absolute atomic E-state index is 0.134. The van der Waals surface area contributed by atoms with Crippen molar-refractivity contribution in [1.82, 2.24) is 0 Å². The van der Waals surface area contributed by atoms with Crippen molar-refractivity contribution in [2.24, 2.45) is 0 Å². The number of amides is 1. The highest BCUT2D eigenvalue weighted by atomic mass is 79.9. The molecule has 0 aliphatic carbocycles. The maximum atomic E-state index is 12.9. The third kappa shape index (κ3) is 4.14. The Bertz CT molecular complexity index is 959. The number of thioether (sulfide) groups is 1. The highest BCUT2D eigenvalue weighted by molar-refractivity contribution is 9.10. The molecule has 0 N–H and O–H groups in total. The van der Waals surface area contributed by atoms with Gasteiger partial charge in [-0.1, -0.05) is 47.7 Å². The average molecular weight is 496 g/mol. The smallest absolute Gasteiger partial charge is 0.270 e. The Kier molecular flexibility index (Phi) is 6.08. The lowest BCUT2D eigenvalue weighted by molar-refractivity contribution is -0.113. The summed E-state index contributed by atoms with van der Waals surface area (Å²) < 4.78 is 6.67. The predicted octanol–water partition coefficient (Wildman–Crippen LogP) is 5.34. The molecule has 0 radical (unpaired) electrons. The molecular weight excluding hydrogens is 480 g/mol. The second-order valence-corrected chi connectivity index (χ2v) is 9.24. The number of nitrogens with zero attached hydrogens (tertiary/aromatic N) is 2. The lowest BCUT2D eigenvalue weighted by Gasteiger charge is -2.28. The fourth-order valence-electron chi connectivity index (χ4n) is 3.07. The van der Waals surface area contributed by atoms with Crippen molar-refractivity contribution >= 4 is 79.2 Å². The highest BCUT2D eigenvalue weighted by Crippen LogP contribution is 2.38. The van der Waals surface area contributed by atoms with Crippen LogP contribution in [-0.4, -0.2) is 36.5 Å². The van der Waals surface area contributed by atoms with E-state index in [1.807, 2.05) is 30.3 Å². The van der Waals surface area contributed by atoms with Crippen molar-refractivity contribution in [3.05, 3.63) is 62.4 Å². The zero-order valence-corrected chi connectivity index (χ0v) is 18.7. The second-order valence-electron chi connectivity index (χ2n) is 6.31. The van der Waals surface area contributed by atoms with Gasteiger partial charge in [0.2, 0.25) is 0 Å². The van der Waals surface area contributed by atoms with Crippen LogP contribution in [0.5, 0.6) is 0 Å². The van der Waals surface area contributed by atoms with Crippen LogP contribution in [0.15, 0.2) is 51.8 Å². The summed E-state index contributed by atoms with van der Waals surface area (Å²) in [6, 6.07) is 13.6. The molecule has 28 heavy (non-hydrogen) atoms. The normalized spacial score (nSPS) is 19.0. The number of morpholine rings is 1. The number of hydrogen-bond donors (Lipinski definition) is 0. The van der Waals surface area contributed by atoms with Crippen molar-refractivity contribution in [2.45, 2.75) is 0 Å². The van der Waals surface area contributed by atoms with Crippen molar-refractivity contribution in [1.29, 1.82) is 0 Å². The summed E-state index contributed by atoms with van der Waals surface area (Å²) in [6.07, 6.45) is 1.88. The summed E-state index contributed by atoms with van der Waals surface area (Å²) in [6.45, 7) is 3.30. The third-order valence-corrected chi connectivity index (χ3v) is 7.06. The number of rotatable bonds is 3. The van der Waals surface area contributed by atoms with Crippen LogP contribution in [-0.2, 0) is 9.53 Å². The Labute approximate surface area is 186 Å². The van der Waals surface area contributed by atoms with Crippen LogP contribution < -0.4 is 9.80 Å². The molecule has 0 saturated carbocycles. The van der Waals surface area contributed by atoms with Gasteiger partial charge in [0.05, 0.1) is 28.8 Å². The fraction of sp³-hybridized carbons (Fsp3) is 0.200. The quantitative estimate of drug-likeness (QED) is 0.424. The molecule has 144 valence electrons. The van der Waals surface area contributed by atoms with Crippen molar-refractivity contribution < 1.29 is 9.53 Å². The summed E-state index contributed by atoms with van der Waals surface area (Å²) in [5.41, 5.74) is 2.80. The topological polar surface area (TPSA) is 32.8 Å². The van der Waals surface area contributed by atoms with E-state index in [0.29, 0.717) is 19.9 Å². The van der Waals surface area contributed by atoms with Gasteiger partial charge in [0, 0.05) is 23.2 Å². The summed E-state index contributed by atoms with van der Waals surface area (Å²) in [5, 5.41) is 0.536. The van der Waals surface area contributed by atoms with E-state index in [2.05, 4.69) is 33.0 Å². The lowest BCUT2D eigenvalue weighted by Crippen LogP contribution is -2.36. The Morgan fingerprint density at radius 2 is 1.79 bits per heavy atom. The molecule has 0 bridgehead atoms. The summed E-state index contributed by atoms with van der Waals surface area (Å²) in [4.78, 5) is 17.3. The summed E-state index contributed by atoms with van der Waals surface area (Å²) >= 11 is 16.3. The van der Waals surface area contributed by atoms with Gasteiger partial charge in [-0.25, -0.2) is 0 Å². The van der Waals surface area contributed by atoms with Gasteiger partial charge in [-0.2, -0.15) is 0 Å². The van der Waals surface area contributed by atoms with E-state index < -0.39 is 0 Å². The van der Waals surface area contributed by atoms with Crippen molar-refractivity contribution in [2.75, 3.05) is 36.1 Å². The minimum Gasteiger partial charge on any atom is -0.378 e. The molecule has 2 aromatic carbocycles. The molecule has 0 atom stereocenters. The zero-order chi connectivity index (χ0) is 19.7. The van der Waals surface area contributed by atoms with Gasteiger partial charge in [0.15, 0.2) is 4.32 Å². The molecule has 0 spiro atoms. The summed E-state index contributed by atoms with van der Waals surface area (Å²) in [5.74, 6) is -0.134. The van der Waals surface area contributed by atoms with Crippen LogP contribution in [0.3, 0.4) is 0 Å². The minimum atomic E-state index is -0.134. The largest absolute Gasteiger partial charge is 0.378 e. The highest BCUT2D eigenvalue weighted by Gasteiger charge is 2.33. The van der Waals surface area contributed by atoms with Gasteiger partial charge < -0.3 is 9.64 Å². The first-order valence-corrected chi connectivity index (χ1v) is 11.1. The molecular formula is C20H16BrClN2O2S2. The molecule has 2 aliphatic heterocycles. The Hall–Kier alpha value is -1.38. The van der Waals surface area contributed by atoms with E-state index in [4.69, 9.17) is 28.6 Å². The van der Waals surface area contributed by atoms with Gasteiger partial charge in [0.1, 0.15) is 0 Å². The number of carbonyl (C=O) groups is 1. The molecule has 2 aromatic rings. The van der Waals surface area contributed by atoms with E-state index in [1.165, 1.54) is 16.7 Å². The van der Waals surface area contributed by atoms with E-state index in [0.717, 1.165) is 42.0 Å². The van der Waals surface area contributed by atoms with Gasteiger partial charge in [0.25, 0.3) is 5.91 Å². The number of anilines is 2. The number of carbonyl (C=O) groups excluding carboxylic acids is 1. The first-order chi connectivity index (χ1) is 13.5. The Morgan fingerprint density at radius 1 is 1.11 bits per heavy atom. The molecule has 4 rings (SSSR count). The maximum absolute atomic E-state index is 12.9. The third-order valence-electron chi connectivity index (χ3n) is 4.52. The molecule has 0 aromatic heterocycles.